The molecule has 0 spiro atoms. The molecule has 3 nitrogen and oxygen atoms in total. The number of hydrogen-bond donors (Lipinski definition) is 1. The average Bonchev–Trinajstić information content (AvgIpc) is 2.82. The van der Waals surface area contributed by atoms with Crippen LogP contribution < -0.4 is 10.2 Å². The fraction of sp³-hybridized carbons (Fsp3) is 0.647. The Morgan fingerprint density at radius 3 is 2.81 bits per heavy atom. The Labute approximate surface area is 134 Å². The number of halogens is 1. The van der Waals surface area contributed by atoms with E-state index >= 15 is 0 Å². The highest BCUT2D eigenvalue weighted by Gasteiger charge is 2.22. The van der Waals surface area contributed by atoms with Crippen molar-refractivity contribution in [2.75, 3.05) is 32.1 Å². The van der Waals surface area contributed by atoms with Crippen LogP contribution in [0.15, 0.2) is 18.2 Å². The first kappa shape index (κ1) is 16.6. The number of nitrogens with zero attached hydrogens (tertiary/aromatic N) is 2. The van der Waals surface area contributed by atoms with Gasteiger partial charge in [0.15, 0.2) is 0 Å². The number of benzene rings is 1. The minimum absolute atomic E-state index is 0.475. The molecule has 1 heterocycles. The van der Waals surface area contributed by atoms with Crippen LogP contribution in [-0.2, 0) is 6.54 Å². The van der Waals surface area contributed by atoms with Crippen LogP contribution in [0.4, 0.5) is 5.69 Å². The molecule has 1 aliphatic heterocycles. The van der Waals surface area contributed by atoms with Crippen molar-refractivity contribution < 1.29 is 0 Å². The number of likely N-dealkylation sites (N-methyl/N-ethyl adjacent to an activating group) is 2. The van der Waals surface area contributed by atoms with Crippen LogP contribution in [0.3, 0.4) is 0 Å². The van der Waals surface area contributed by atoms with Gasteiger partial charge in [-0.3, -0.25) is 0 Å². The SMILES string of the molecule is CC(C)NCc1cc(Cl)ccc1N(C)CC1CCCN1C. The Kier molecular flexibility index (Phi) is 5.91. The van der Waals surface area contributed by atoms with Crippen LogP contribution in [0.25, 0.3) is 0 Å². The van der Waals surface area contributed by atoms with E-state index in [-0.39, 0.29) is 0 Å². The lowest BCUT2D eigenvalue weighted by atomic mass is 10.1. The van der Waals surface area contributed by atoms with Gasteiger partial charge in [-0.15, -0.1) is 0 Å². The van der Waals surface area contributed by atoms with Crippen molar-refractivity contribution in [2.24, 2.45) is 0 Å². The van der Waals surface area contributed by atoms with Crippen LogP contribution >= 0.6 is 11.6 Å². The van der Waals surface area contributed by atoms with E-state index in [1.54, 1.807) is 0 Å². The third-order valence-corrected chi connectivity index (χ3v) is 4.54. The third kappa shape index (κ3) is 4.60. The van der Waals surface area contributed by atoms with Crippen molar-refractivity contribution in [3.63, 3.8) is 0 Å². The van der Waals surface area contributed by atoms with E-state index < -0.39 is 0 Å². The van der Waals surface area contributed by atoms with Gasteiger partial charge >= 0.3 is 0 Å². The molecule has 1 unspecified atom stereocenters. The van der Waals surface area contributed by atoms with Gasteiger partial charge in [-0.2, -0.15) is 0 Å². The molecule has 118 valence electrons. The van der Waals surface area contributed by atoms with E-state index in [2.05, 4.69) is 55.2 Å². The molecule has 0 radical (unpaired) electrons. The number of anilines is 1. The predicted octanol–water partition coefficient (Wildman–Crippen LogP) is 3.37. The first-order valence-electron chi connectivity index (χ1n) is 7.90. The molecule has 1 aliphatic rings. The van der Waals surface area contributed by atoms with E-state index in [1.807, 2.05) is 6.07 Å². The van der Waals surface area contributed by atoms with Gasteiger partial charge in [0.1, 0.15) is 0 Å². The summed E-state index contributed by atoms with van der Waals surface area (Å²) in [6.45, 7) is 7.49. The van der Waals surface area contributed by atoms with Crippen molar-refractivity contribution in [1.29, 1.82) is 0 Å². The quantitative estimate of drug-likeness (QED) is 0.869. The third-order valence-electron chi connectivity index (χ3n) is 4.31. The minimum Gasteiger partial charge on any atom is -0.373 e. The van der Waals surface area contributed by atoms with Crippen molar-refractivity contribution in [1.82, 2.24) is 10.2 Å². The Hall–Kier alpha value is -0.770. The van der Waals surface area contributed by atoms with Gasteiger partial charge < -0.3 is 15.1 Å². The fourth-order valence-corrected chi connectivity index (χ4v) is 3.20. The van der Waals surface area contributed by atoms with Gasteiger partial charge in [0.05, 0.1) is 0 Å². The number of likely N-dealkylation sites (tertiary alicyclic amines) is 1. The van der Waals surface area contributed by atoms with Crippen LogP contribution in [-0.4, -0.2) is 44.2 Å². The van der Waals surface area contributed by atoms with Gasteiger partial charge in [-0.25, -0.2) is 0 Å². The summed E-state index contributed by atoms with van der Waals surface area (Å²) in [6, 6.07) is 7.36. The van der Waals surface area contributed by atoms with Crippen LogP contribution in [0.5, 0.6) is 0 Å². The molecule has 1 aromatic carbocycles. The second-order valence-electron chi connectivity index (χ2n) is 6.47. The van der Waals surface area contributed by atoms with Crippen molar-refractivity contribution in [3.05, 3.63) is 28.8 Å². The maximum Gasteiger partial charge on any atom is 0.0410 e. The van der Waals surface area contributed by atoms with Crippen LogP contribution in [0, 0.1) is 0 Å². The Balaban J connectivity index is 2.09. The van der Waals surface area contributed by atoms with E-state index in [0.717, 1.165) is 18.1 Å². The maximum absolute atomic E-state index is 6.18. The summed E-state index contributed by atoms with van der Waals surface area (Å²) in [7, 11) is 4.42. The number of nitrogens with one attached hydrogen (secondary N) is 1. The second kappa shape index (κ2) is 7.48. The lowest BCUT2D eigenvalue weighted by molar-refractivity contribution is 0.314. The molecule has 0 amide bonds. The summed E-state index contributed by atoms with van der Waals surface area (Å²) in [5.74, 6) is 0. The molecule has 2 rings (SSSR count). The average molecular weight is 310 g/mol. The largest absolute Gasteiger partial charge is 0.373 e. The van der Waals surface area contributed by atoms with Gasteiger partial charge in [0.2, 0.25) is 0 Å². The number of rotatable bonds is 6. The second-order valence-corrected chi connectivity index (χ2v) is 6.90. The summed E-state index contributed by atoms with van der Waals surface area (Å²) in [5.41, 5.74) is 2.56. The van der Waals surface area contributed by atoms with Gasteiger partial charge in [0.25, 0.3) is 0 Å². The minimum atomic E-state index is 0.475. The molecule has 1 aromatic rings. The van der Waals surface area contributed by atoms with E-state index in [0.29, 0.717) is 12.1 Å². The molecule has 1 atom stereocenters. The van der Waals surface area contributed by atoms with Gasteiger partial charge in [-0.1, -0.05) is 25.4 Å². The van der Waals surface area contributed by atoms with Crippen LogP contribution in [0.1, 0.15) is 32.3 Å². The summed E-state index contributed by atoms with van der Waals surface area (Å²) < 4.78 is 0. The standard InChI is InChI=1S/C17H28ClN3/c1-13(2)19-11-14-10-15(18)7-8-17(14)21(4)12-16-6-5-9-20(16)3/h7-8,10,13,16,19H,5-6,9,11-12H2,1-4H3. The van der Waals surface area contributed by atoms with Gasteiger partial charge in [-0.05, 0) is 50.2 Å². The molecule has 0 bridgehead atoms. The fourth-order valence-electron chi connectivity index (χ4n) is 3.01. The summed E-state index contributed by atoms with van der Waals surface area (Å²) in [6.07, 6.45) is 2.62. The summed E-state index contributed by atoms with van der Waals surface area (Å²) >= 11 is 6.18. The monoisotopic (exact) mass is 309 g/mol. The molecule has 0 aliphatic carbocycles. The molecule has 1 N–H and O–H groups in total. The van der Waals surface area contributed by atoms with E-state index in [4.69, 9.17) is 11.6 Å². The highest BCUT2D eigenvalue weighted by molar-refractivity contribution is 6.30. The topological polar surface area (TPSA) is 18.5 Å². The molecule has 0 aromatic heterocycles. The molecule has 4 heteroatoms. The first-order chi connectivity index (χ1) is 9.97. The van der Waals surface area contributed by atoms with E-state index in [9.17, 15) is 0 Å². The lowest BCUT2D eigenvalue weighted by Crippen LogP contribution is -2.37. The zero-order valence-electron chi connectivity index (χ0n) is 13.7. The van der Waals surface area contributed by atoms with Crippen LogP contribution in [0.2, 0.25) is 5.02 Å². The highest BCUT2D eigenvalue weighted by atomic mass is 35.5. The summed E-state index contributed by atoms with van der Waals surface area (Å²) in [5, 5.41) is 4.30. The van der Waals surface area contributed by atoms with E-state index in [1.165, 1.54) is 30.6 Å². The highest BCUT2D eigenvalue weighted by Crippen LogP contribution is 2.25. The molecule has 1 saturated heterocycles. The maximum atomic E-state index is 6.18. The Morgan fingerprint density at radius 2 is 2.19 bits per heavy atom. The van der Waals surface area contributed by atoms with Gasteiger partial charge in [0, 0.05) is 42.9 Å². The molecular formula is C17H28ClN3. The molecule has 21 heavy (non-hydrogen) atoms. The lowest BCUT2D eigenvalue weighted by Gasteiger charge is -2.29. The smallest absolute Gasteiger partial charge is 0.0410 e. The van der Waals surface area contributed by atoms with Crippen molar-refractivity contribution in [3.8, 4) is 0 Å². The predicted molar refractivity (Wildman–Crippen MR) is 92.3 cm³/mol. The zero-order chi connectivity index (χ0) is 15.4. The summed E-state index contributed by atoms with van der Waals surface area (Å²) in [4.78, 5) is 4.85. The van der Waals surface area contributed by atoms with Crippen molar-refractivity contribution >= 4 is 17.3 Å². The molecule has 0 saturated carbocycles. The molecular weight excluding hydrogens is 282 g/mol. The molecule has 1 fully saturated rings. The Morgan fingerprint density at radius 1 is 1.43 bits per heavy atom. The number of hydrogen-bond acceptors (Lipinski definition) is 3. The Bertz CT molecular complexity index is 461. The normalized spacial score (nSPS) is 19.4. The first-order valence-corrected chi connectivity index (χ1v) is 8.28. The zero-order valence-corrected chi connectivity index (χ0v) is 14.5. The van der Waals surface area contributed by atoms with Crippen molar-refractivity contribution in [2.45, 2.75) is 45.3 Å².